The molecular weight excluding hydrogens is 501 g/mol. The molecule has 1 N–H and O–H groups in total. The van der Waals surface area contributed by atoms with Crippen LogP contribution in [0.4, 0.5) is 30.7 Å². The first-order valence-electron chi connectivity index (χ1n) is 10.6. The number of alkyl halides is 5. The van der Waals surface area contributed by atoms with Gasteiger partial charge in [-0.2, -0.15) is 13.2 Å². The lowest BCUT2D eigenvalue weighted by atomic mass is 9.31. The summed E-state index contributed by atoms with van der Waals surface area (Å²) in [5, 5.41) is 21.5. The number of tetrazole rings is 1. The maximum Gasteiger partial charge on any atom is 0.422 e. The van der Waals surface area contributed by atoms with Crippen molar-refractivity contribution in [1.29, 1.82) is 0 Å². The van der Waals surface area contributed by atoms with Crippen LogP contribution in [0.15, 0.2) is 36.9 Å². The van der Waals surface area contributed by atoms with Gasteiger partial charge in [-0.3, -0.25) is 0 Å². The number of benzene rings is 1. The van der Waals surface area contributed by atoms with Crippen LogP contribution in [0.3, 0.4) is 0 Å². The van der Waals surface area contributed by atoms with E-state index in [-0.39, 0.29) is 19.3 Å². The van der Waals surface area contributed by atoms with E-state index in [0.29, 0.717) is 11.6 Å². The van der Waals surface area contributed by atoms with Crippen LogP contribution in [-0.2, 0) is 17.6 Å². The van der Waals surface area contributed by atoms with Gasteiger partial charge in [0.25, 0.3) is 5.92 Å². The minimum absolute atomic E-state index is 0.125. The van der Waals surface area contributed by atoms with Gasteiger partial charge >= 0.3 is 12.2 Å². The molecule has 0 saturated heterocycles. The van der Waals surface area contributed by atoms with Gasteiger partial charge in [0.05, 0.1) is 6.54 Å². The van der Waals surface area contributed by atoms with E-state index in [1.54, 1.807) is 0 Å². The van der Waals surface area contributed by atoms with Crippen molar-refractivity contribution in [1.82, 2.24) is 30.2 Å². The van der Waals surface area contributed by atoms with Crippen LogP contribution in [0, 0.1) is 17.0 Å². The van der Waals surface area contributed by atoms with E-state index in [2.05, 4.69) is 30.2 Å². The van der Waals surface area contributed by atoms with Crippen molar-refractivity contribution in [2.75, 3.05) is 6.61 Å². The van der Waals surface area contributed by atoms with Gasteiger partial charge < -0.3 is 9.84 Å². The highest BCUT2D eigenvalue weighted by Crippen LogP contribution is 2.80. The van der Waals surface area contributed by atoms with E-state index in [4.69, 9.17) is 0 Å². The Kier molecular flexibility index (Phi) is 5.29. The lowest BCUT2D eigenvalue weighted by Gasteiger charge is -2.74. The lowest BCUT2D eigenvalue weighted by molar-refractivity contribution is -0.347. The zero-order chi connectivity index (χ0) is 26.0. The molecule has 0 spiro atoms. The zero-order valence-electron chi connectivity index (χ0n) is 18.2. The average molecular weight is 518 g/mol. The summed E-state index contributed by atoms with van der Waals surface area (Å²) < 4.78 is 103. The normalized spacial score (nSPS) is 25.0. The van der Waals surface area contributed by atoms with E-state index in [1.165, 1.54) is 12.4 Å². The van der Waals surface area contributed by atoms with E-state index in [0.717, 1.165) is 23.1 Å². The number of aliphatic hydroxyl groups is 1. The van der Waals surface area contributed by atoms with E-state index >= 15 is 8.78 Å². The number of hydrogen-bond donors (Lipinski definition) is 1. The Morgan fingerprint density at radius 3 is 2.25 bits per heavy atom. The molecule has 6 rings (SSSR count). The summed E-state index contributed by atoms with van der Waals surface area (Å²) in [5.41, 5.74) is -6.02. The highest BCUT2D eigenvalue weighted by atomic mass is 19.4. The van der Waals surface area contributed by atoms with E-state index in [1.807, 2.05) is 0 Å². The Morgan fingerprint density at radius 1 is 1.03 bits per heavy atom. The molecule has 3 aliphatic carbocycles. The number of nitrogens with zero attached hydrogens (tertiary/aromatic N) is 6. The first-order chi connectivity index (χ1) is 16.8. The molecule has 192 valence electrons. The minimum atomic E-state index is -4.57. The third kappa shape index (κ3) is 3.67. The predicted molar refractivity (Wildman–Crippen MR) is 105 cm³/mol. The molecule has 2 bridgehead atoms. The van der Waals surface area contributed by atoms with Gasteiger partial charge in [-0.1, -0.05) is 0 Å². The summed E-state index contributed by atoms with van der Waals surface area (Å²) in [6.45, 7) is -2.48. The van der Waals surface area contributed by atoms with E-state index in [9.17, 15) is 27.1 Å². The van der Waals surface area contributed by atoms with Gasteiger partial charge in [-0.25, -0.2) is 32.2 Å². The molecular formula is C21H17F7N6O2. The average Bonchev–Trinajstić information content (AvgIpc) is 3.23. The van der Waals surface area contributed by atoms with Gasteiger partial charge in [-0.15, -0.1) is 5.10 Å². The summed E-state index contributed by atoms with van der Waals surface area (Å²) >= 11 is 0. The molecule has 3 aromatic rings. The standard InChI is InChI=1S/C21H17F7N6O2/c22-13-1-2-14(15(23)3-13)19(35,9-34-11-31-32-33-34)21(27,28)18-6-17(7-18,8-18)12-4-29-16(30-5-12)36-10-20(24,25)26/h1-5,11,35H,6-10H2. The van der Waals surface area contributed by atoms with Crippen LogP contribution >= 0.6 is 0 Å². The molecule has 3 aliphatic rings. The van der Waals surface area contributed by atoms with Crippen LogP contribution in [0.1, 0.15) is 30.4 Å². The van der Waals surface area contributed by atoms with Crippen molar-refractivity contribution < 1.29 is 40.6 Å². The van der Waals surface area contributed by atoms with Crippen LogP contribution in [0.25, 0.3) is 0 Å². The van der Waals surface area contributed by atoms with Gasteiger partial charge in [-0.05, 0) is 47.4 Å². The number of ether oxygens (including phenoxy) is 1. The Labute approximate surface area is 198 Å². The number of halogens is 7. The number of rotatable bonds is 8. The van der Waals surface area contributed by atoms with Gasteiger partial charge in [0.15, 0.2) is 12.2 Å². The maximum absolute atomic E-state index is 16.1. The molecule has 2 aromatic heterocycles. The third-order valence-corrected chi connectivity index (χ3v) is 6.98. The second-order valence-electron chi connectivity index (χ2n) is 9.32. The van der Waals surface area contributed by atoms with Crippen LogP contribution in [0.2, 0.25) is 0 Å². The van der Waals surface area contributed by atoms with Gasteiger partial charge in [0.1, 0.15) is 18.0 Å². The quantitative estimate of drug-likeness (QED) is 0.457. The molecule has 1 atom stereocenters. The Balaban J connectivity index is 1.39. The van der Waals surface area contributed by atoms with Crippen LogP contribution < -0.4 is 4.74 Å². The molecule has 3 fully saturated rings. The van der Waals surface area contributed by atoms with Crippen LogP contribution in [0.5, 0.6) is 6.01 Å². The van der Waals surface area contributed by atoms with Crippen molar-refractivity contribution in [2.45, 2.75) is 48.9 Å². The predicted octanol–water partition coefficient (Wildman–Crippen LogP) is 3.33. The Hall–Kier alpha value is -3.36. The molecule has 0 radical (unpaired) electrons. The summed E-state index contributed by atoms with van der Waals surface area (Å²) in [4.78, 5) is 7.45. The first kappa shape index (κ1) is 24.3. The van der Waals surface area contributed by atoms with Crippen molar-refractivity contribution in [3.8, 4) is 6.01 Å². The second-order valence-corrected chi connectivity index (χ2v) is 9.32. The SMILES string of the molecule is OC(Cn1cnnn1)(c1ccc(F)cc1F)C(F)(F)C12CC(c3cnc(OCC(F)(F)F)nc3)(C1)C2. The Bertz CT molecular complexity index is 1250. The molecule has 0 aliphatic heterocycles. The van der Waals surface area contributed by atoms with Gasteiger partial charge in [0, 0.05) is 34.9 Å². The topological polar surface area (TPSA) is 98.8 Å². The fourth-order valence-corrected chi connectivity index (χ4v) is 5.34. The van der Waals surface area contributed by atoms with Crippen molar-refractivity contribution >= 4 is 0 Å². The zero-order valence-corrected chi connectivity index (χ0v) is 18.2. The fraction of sp³-hybridized carbons (Fsp3) is 0.476. The minimum Gasteiger partial charge on any atom is -0.454 e. The van der Waals surface area contributed by atoms with Crippen molar-refractivity contribution in [3.63, 3.8) is 0 Å². The highest BCUT2D eigenvalue weighted by molar-refractivity contribution is 5.41. The van der Waals surface area contributed by atoms with Crippen molar-refractivity contribution in [2.24, 2.45) is 5.41 Å². The summed E-state index contributed by atoms with van der Waals surface area (Å²) in [5.74, 6) is -6.27. The summed E-state index contributed by atoms with van der Waals surface area (Å²) in [6.07, 6.45) is -1.54. The molecule has 0 amide bonds. The highest BCUT2D eigenvalue weighted by Gasteiger charge is 2.82. The summed E-state index contributed by atoms with van der Waals surface area (Å²) in [7, 11) is 0. The Morgan fingerprint density at radius 2 is 1.69 bits per heavy atom. The van der Waals surface area contributed by atoms with Crippen LogP contribution in [-0.4, -0.2) is 54.0 Å². The number of hydrogen-bond acceptors (Lipinski definition) is 7. The smallest absolute Gasteiger partial charge is 0.422 e. The van der Waals surface area contributed by atoms with Crippen molar-refractivity contribution in [3.05, 3.63) is 59.7 Å². The largest absolute Gasteiger partial charge is 0.454 e. The molecule has 15 heteroatoms. The lowest BCUT2D eigenvalue weighted by Crippen LogP contribution is -2.76. The molecule has 8 nitrogen and oxygen atoms in total. The summed E-state index contributed by atoms with van der Waals surface area (Å²) in [6, 6.07) is 1.42. The monoisotopic (exact) mass is 518 g/mol. The molecule has 3 saturated carbocycles. The maximum atomic E-state index is 16.1. The molecule has 1 unspecified atom stereocenters. The fourth-order valence-electron chi connectivity index (χ4n) is 5.34. The third-order valence-electron chi connectivity index (χ3n) is 6.98. The first-order valence-corrected chi connectivity index (χ1v) is 10.6. The number of aromatic nitrogens is 6. The second kappa shape index (κ2) is 7.82. The van der Waals surface area contributed by atoms with Gasteiger partial charge in [0.2, 0.25) is 0 Å². The van der Waals surface area contributed by atoms with E-state index < -0.39 is 64.9 Å². The molecule has 2 heterocycles. The molecule has 36 heavy (non-hydrogen) atoms. The molecule has 1 aromatic carbocycles.